The Hall–Kier alpha value is -2.68. The van der Waals surface area contributed by atoms with Crippen molar-refractivity contribution < 1.29 is 22.8 Å². The van der Waals surface area contributed by atoms with E-state index in [-0.39, 0.29) is 22.4 Å². The minimum atomic E-state index is -4.54. The van der Waals surface area contributed by atoms with Gasteiger partial charge < -0.3 is 10.6 Å². The quantitative estimate of drug-likeness (QED) is 0.360. The predicted octanol–water partition coefficient (Wildman–Crippen LogP) is 7.00. The first kappa shape index (κ1) is 24.0. The van der Waals surface area contributed by atoms with Gasteiger partial charge in [-0.15, -0.1) is 11.8 Å². The van der Waals surface area contributed by atoms with E-state index in [2.05, 4.69) is 10.6 Å². The minimum absolute atomic E-state index is 0.0103. The number of alkyl halides is 3. The van der Waals surface area contributed by atoms with Crippen LogP contribution in [0.2, 0.25) is 10.0 Å². The fourth-order valence-corrected chi connectivity index (χ4v) is 3.65. The maximum Gasteiger partial charge on any atom is 0.416 e. The Morgan fingerprint density at radius 1 is 0.906 bits per heavy atom. The Balaban J connectivity index is 1.55. The maximum absolute atomic E-state index is 12.8. The van der Waals surface area contributed by atoms with Gasteiger partial charge in [0.1, 0.15) is 0 Å². The largest absolute Gasteiger partial charge is 0.416 e. The summed E-state index contributed by atoms with van der Waals surface area (Å²) in [6, 6.07) is 16.0. The smallest absolute Gasteiger partial charge is 0.324 e. The van der Waals surface area contributed by atoms with Gasteiger partial charge in [0.2, 0.25) is 5.91 Å². The molecular formula is C22H15Cl2F3N2O2S. The van der Waals surface area contributed by atoms with E-state index in [1.54, 1.807) is 48.5 Å². The van der Waals surface area contributed by atoms with Crippen molar-refractivity contribution in [2.45, 2.75) is 11.1 Å². The minimum Gasteiger partial charge on any atom is -0.324 e. The van der Waals surface area contributed by atoms with E-state index in [0.29, 0.717) is 16.3 Å². The molecule has 0 spiro atoms. The maximum atomic E-state index is 12.8. The molecule has 0 saturated carbocycles. The van der Waals surface area contributed by atoms with Crippen LogP contribution < -0.4 is 10.6 Å². The molecule has 0 atom stereocenters. The zero-order chi connectivity index (χ0) is 23.3. The van der Waals surface area contributed by atoms with Crippen LogP contribution >= 0.6 is 35.0 Å². The van der Waals surface area contributed by atoms with E-state index in [1.807, 2.05) is 0 Å². The lowest BCUT2D eigenvalue weighted by molar-refractivity contribution is -0.137. The third kappa shape index (κ3) is 6.66. The standard InChI is InChI=1S/C22H15Cl2F3N2O2S/c23-15-3-1-2-13(10-15)21(31)28-16-5-7-17(8-6-16)32-12-20(30)29-19-11-14(22(25,26)27)4-9-18(19)24/h1-11H,12H2,(H,28,31)(H,29,30). The molecule has 2 N–H and O–H groups in total. The summed E-state index contributed by atoms with van der Waals surface area (Å²) >= 11 is 13.0. The molecule has 0 aliphatic heterocycles. The van der Waals surface area contributed by atoms with E-state index in [4.69, 9.17) is 23.2 Å². The van der Waals surface area contributed by atoms with Gasteiger partial charge in [-0.2, -0.15) is 13.2 Å². The summed E-state index contributed by atoms with van der Waals surface area (Å²) in [7, 11) is 0. The topological polar surface area (TPSA) is 58.2 Å². The van der Waals surface area contributed by atoms with Gasteiger partial charge in [0.05, 0.1) is 22.0 Å². The molecule has 3 rings (SSSR count). The van der Waals surface area contributed by atoms with Crippen LogP contribution in [0.5, 0.6) is 0 Å². The number of hydrogen-bond donors (Lipinski definition) is 2. The molecule has 0 radical (unpaired) electrons. The van der Waals surface area contributed by atoms with Gasteiger partial charge in [0.15, 0.2) is 0 Å². The number of rotatable bonds is 6. The highest BCUT2D eigenvalue weighted by Crippen LogP contribution is 2.34. The average molecular weight is 499 g/mol. The van der Waals surface area contributed by atoms with Crippen molar-refractivity contribution in [2.24, 2.45) is 0 Å². The summed E-state index contributed by atoms with van der Waals surface area (Å²) in [6.07, 6.45) is -4.54. The van der Waals surface area contributed by atoms with Crippen LogP contribution in [-0.4, -0.2) is 17.6 Å². The Kier molecular flexibility index (Phi) is 7.71. The van der Waals surface area contributed by atoms with Crippen LogP contribution in [0.1, 0.15) is 15.9 Å². The summed E-state index contributed by atoms with van der Waals surface area (Å²) in [6.45, 7) is 0. The molecular weight excluding hydrogens is 484 g/mol. The highest BCUT2D eigenvalue weighted by Gasteiger charge is 2.31. The summed E-state index contributed by atoms with van der Waals surface area (Å²) in [5.41, 5.74) is -0.0353. The van der Waals surface area contributed by atoms with E-state index in [9.17, 15) is 22.8 Å². The van der Waals surface area contributed by atoms with Crippen molar-refractivity contribution in [1.29, 1.82) is 0 Å². The van der Waals surface area contributed by atoms with Crippen molar-refractivity contribution in [1.82, 2.24) is 0 Å². The van der Waals surface area contributed by atoms with Crippen molar-refractivity contribution in [3.63, 3.8) is 0 Å². The fourth-order valence-electron chi connectivity index (χ4n) is 2.60. The molecule has 0 aliphatic carbocycles. The van der Waals surface area contributed by atoms with Crippen molar-refractivity contribution in [3.05, 3.63) is 87.9 Å². The molecule has 0 bridgehead atoms. The Morgan fingerprint density at radius 2 is 1.62 bits per heavy atom. The third-order valence-corrected chi connectivity index (χ3v) is 5.71. The number of hydrogen-bond acceptors (Lipinski definition) is 3. The number of halogens is 5. The van der Waals surface area contributed by atoms with Crippen LogP contribution in [0.3, 0.4) is 0 Å². The van der Waals surface area contributed by atoms with Gasteiger partial charge in [-0.25, -0.2) is 0 Å². The summed E-state index contributed by atoms with van der Waals surface area (Å²) < 4.78 is 38.5. The van der Waals surface area contributed by atoms with Gasteiger partial charge >= 0.3 is 6.18 Å². The predicted molar refractivity (Wildman–Crippen MR) is 122 cm³/mol. The van der Waals surface area contributed by atoms with Crippen LogP contribution in [0.4, 0.5) is 24.5 Å². The number of benzene rings is 3. The Labute approximate surface area is 196 Å². The van der Waals surface area contributed by atoms with Gasteiger partial charge in [-0.1, -0.05) is 29.3 Å². The van der Waals surface area contributed by atoms with Crippen molar-refractivity contribution in [3.8, 4) is 0 Å². The third-order valence-electron chi connectivity index (χ3n) is 4.14. The highest BCUT2D eigenvalue weighted by molar-refractivity contribution is 8.00. The molecule has 32 heavy (non-hydrogen) atoms. The number of anilines is 2. The van der Waals surface area contributed by atoms with Crippen LogP contribution in [0.15, 0.2) is 71.6 Å². The Bertz CT molecular complexity index is 1140. The fraction of sp³-hybridized carbons (Fsp3) is 0.0909. The SMILES string of the molecule is O=C(CSc1ccc(NC(=O)c2cccc(Cl)c2)cc1)Nc1cc(C(F)(F)F)ccc1Cl. The molecule has 10 heteroatoms. The van der Waals surface area contributed by atoms with Crippen LogP contribution in [0, 0.1) is 0 Å². The second-order valence-corrected chi connectivity index (χ2v) is 8.41. The molecule has 0 fully saturated rings. The summed E-state index contributed by atoms with van der Waals surface area (Å²) in [4.78, 5) is 25.1. The molecule has 166 valence electrons. The van der Waals surface area contributed by atoms with Crippen LogP contribution in [0.25, 0.3) is 0 Å². The van der Waals surface area contributed by atoms with E-state index < -0.39 is 17.6 Å². The molecule has 3 aromatic carbocycles. The van der Waals surface area contributed by atoms with Crippen molar-refractivity contribution >= 4 is 58.2 Å². The van der Waals surface area contributed by atoms with Crippen LogP contribution in [-0.2, 0) is 11.0 Å². The van der Waals surface area contributed by atoms with Gasteiger partial charge in [0.25, 0.3) is 5.91 Å². The average Bonchev–Trinajstić information content (AvgIpc) is 2.74. The van der Waals surface area contributed by atoms with Gasteiger partial charge in [-0.05, 0) is 60.7 Å². The first-order valence-corrected chi connectivity index (χ1v) is 10.8. The van der Waals surface area contributed by atoms with Gasteiger partial charge in [-0.3, -0.25) is 9.59 Å². The number of carbonyl (C=O) groups is 2. The molecule has 0 aliphatic rings. The van der Waals surface area contributed by atoms with Gasteiger partial charge in [0, 0.05) is 21.2 Å². The first-order chi connectivity index (χ1) is 15.1. The summed E-state index contributed by atoms with van der Waals surface area (Å²) in [5, 5.41) is 5.60. The highest BCUT2D eigenvalue weighted by atomic mass is 35.5. The zero-order valence-corrected chi connectivity index (χ0v) is 18.5. The molecule has 3 aromatic rings. The first-order valence-electron chi connectivity index (χ1n) is 9.08. The number of nitrogens with one attached hydrogen (secondary N) is 2. The monoisotopic (exact) mass is 498 g/mol. The molecule has 0 saturated heterocycles. The molecule has 2 amide bonds. The second kappa shape index (κ2) is 10.3. The molecule has 4 nitrogen and oxygen atoms in total. The lowest BCUT2D eigenvalue weighted by atomic mass is 10.2. The molecule has 0 unspecified atom stereocenters. The lowest BCUT2D eigenvalue weighted by Crippen LogP contribution is -2.15. The molecule has 0 aromatic heterocycles. The second-order valence-electron chi connectivity index (χ2n) is 6.52. The van der Waals surface area contributed by atoms with E-state index >= 15 is 0 Å². The summed E-state index contributed by atoms with van der Waals surface area (Å²) in [5.74, 6) is -0.861. The van der Waals surface area contributed by atoms with E-state index in [0.717, 1.165) is 23.1 Å². The number of amides is 2. The molecule has 0 heterocycles. The van der Waals surface area contributed by atoms with E-state index in [1.165, 1.54) is 11.8 Å². The van der Waals surface area contributed by atoms with Crippen molar-refractivity contribution in [2.75, 3.05) is 16.4 Å². The number of carbonyl (C=O) groups excluding carboxylic acids is 2. The number of thioether (sulfide) groups is 1. The normalized spacial score (nSPS) is 11.2. The zero-order valence-electron chi connectivity index (χ0n) is 16.2. The Morgan fingerprint density at radius 3 is 2.28 bits per heavy atom. The lowest BCUT2D eigenvalue weighted by Gasteiger charge is -2.11.